The molecular formula is C17H25N3O. The van der Waals surface area contributed by atoms with E-state index in [0.29, 0.717) is 12.5 Å². The van der Waals surface area contributed by atoms with Gasteiger partial charge in [0.05, 0.1) is 17.9 Å². The van der Waals surface area contributed by atoms with Gasteiger partial charge in [-0.3, -0.25) is 4.79 Å². The van der Waals surface area contributed by atoms with E-state index in [1.807, 2.05) is 12.1 Å². The molecule has 1 fully saturated rings. The van der Waals surface area contributed by atoms with Crippen LogP contribution in [0.4, 0.5) is 11.4 Å². The second-order valence-electron chi connectivity index (χ2n) is 6.31. The van der Waals surface area contributed by atoms with Gasteiger partial charge in [0, 0.05) is 26.2 Å². The molecule has 2 aliphatic rings. The number of rotatable bonds is 2. The van der Waals surface area contributed by atoms with Crippen LogP contribution in [-0.2, 0) is 4.79 Å². The third kappa shape index (κ3) is 3.31. The van der Waals surface area contributed by atoms with E-state index in [2.05, 4.69) is 34.2 Å². The quantitative estimate of drug-likeness (QED) is 0.908. The molecule has 0 spiro atoms. The van der Waals surface area contributed by atoms with Gasteiger partial charge in [-0.25, -0.2) is 0 Å². The monoisotopic (exact) mass is 287 g/mol. The molecule has 2 heterocycles. The smallest absolute Gasteiger partial charge is 0.242 e. The average Bonchev–Trinajstić information content (AvgIpc) is 2.70. The van der Waals surface area contributed by atoms with Crippen LogP contribution >= 0.6 is 0 Å². The van der Waals surface area contributed by atoms with Gasteiger partial charge < -0.3 is 15.1 Å². The molecule has 1 saturated heterocycles. The molecule has 0 saturated carbocycles. The van der Waals surface area contributed by atoms with Gasteiger partial charge in [-0.15, -0.1) is 0 Å². The lowest BCUT2D eigenvalue weighted by molar-refractivity contribution is -0.131. The second-order valence-corrected chi connectivity index (χ2v) is 6.31. The summed E-state index contributed by atoms with van der Waals surface area (Å²) in [6.07, 6.45) is 3.46. The summed E-state index contributed by atoms with van der Waals surface area (Å²) in [6.45, 7) is 6.51. The minimum absolute atomic E-state index is 0.276. The molecule has 3 rings (SSSR count). The number of anilines is 2. The van der Waals surface area contributed by atoms with Crippen molar-refractivity contribution in [1.29, 1.82) is 0 Å². The molecule has 0 aromatic heterocycles. The first kappa shape index (κ1) is 14.2. The van der Waals surface area contributed by atoms with Gasteiger partial charge in [0.15, 0.2) is 0 Å². The maximum absolute atomic E-state index is 12.6. The van der Waals surface area contributed by atoms with Crippen LogP contribution in [0.25, 0.3) is 0 Å². The maximum Gasteiger partial charge on any atom is 0.242 e. The highest BCUT2D eigenvalue weighted by Crippen LogP contribution is 2.28. The average molecular weight is 287 g/mol. The van der Waals surface area contributed by atoms with E-state index in [1.54, 1.807) is 0 Å². The highest BCUT2D eigenvalue weighted by molar-refractivity contribution is 5.84. The first-order chi connectivity index (χ1) is 10.2. The summed E-state index contributed by atoms with van der Waals surface area (Å²) in [6, 6.07) is 8.30. The molecule has 21 heavy (non-hydrogen) atoms. The van der Waals surface area contributed by atoms with Crippen LogP contribution in [0.1, 0.15) is 26.2 Å². The van der Waals surface area contributed by atoms with Crippen molar-refractivity contribution >= 4 is 17.3 Å². The van der Waals surface area contributed by atoms with Gasteiger partial charge in [0.2, 0.25) is 5.91 Å². The van der Waals surface area contributed by atoms with Crippen molar-refractivity contribution in [3.8, 4) is 0 Å². The molecule has 2 aliphatic heterocycles. The van der Waals surface area contributed by atoms with Gasteiger partial charge in [0.1, 0.15) is 0 Å². The van der Waals surface area contributed by atoms with Crippen molar-refractivity contribution in [2.75, 3.05) is 42.9 Å². The Bertz CT molecular complexity index is 503. The Morgan fingerprint density at radius 3 is 3.00 bits per heavy atom. The SMILES string of the molecule is CC1CCCN(C(=O)CN2CCCNc3ccccc32)C1. The van der Waals surface area contributed by atoms with Gasteiger partial charge in [0.25, 0.3) is 0 Å². The largest absolute Gasteiger partial charge is 0.383 e. The number of hydrogen-bond donors (Lipinski definition) is 1. The lowest BCUT2D eigenvalue weighted by atomic mass is 10.0. The molecule has 0 bridgehead atoms. The summed E-state index contributed by atoms with van der Waals surface area (Å²) < 4.78 is 0. The van der Waals surface area contributed by atoms with Crippen LogP contribution in [0.5, 0.6) is 0 Å². The number of nitrogens with zero attached hydrogens (tertiary/aromatic N) is 2. The Hall–Kier alpha value is -1.71. The summed E-state index contributed by atoms with van der Waals surface area (Å²) in [5.41, 5.74) is 2.31. The zero-order valence-electron chi connectivity index (χ0n) is 12.8. The first-order valence-electron chi connectivity index (χ1n) is 8.09. The van der Waals surface area contributed by atoms with Crippen LogP contribution in [0.15, 0.2) is 24.3 Å². The number of likely N-dealkylation sites (tertiary alicyclic amines) is 1. The Morgan fingerprint density at radius 1 is 1.29 bits per heavy atom. The standard InChI is InChI=1S/C17H25N3O/c1-14-6-4-10-20(12-14)17(21)13-19-11-5-9-18-15-7-2-3-8-16(15)19/h2-3,7-8,14,18H,4-6,9-13H2,1H3. The minimum Gasteiger partial charge on any atom is -0.383 e. The number of carbonyl (C=O) groups excluding carboxylic acids is 1. The molecule has 1 N–H and O–H groups in total. The van der Waals surface area contributed by atoms with Crippen molar-refractivity contribution < 1.29 is 4.79 Å². The fraction of sp³-hybridized carbons (Fsp3) is 0.588. The predicted octanol–water partition coefficient (Wildman–Crippen LogP) is 2.57. The van der Waals surface area contributed by atoms with Crippen molar-refractivity contribution in [3.05, 3.63) is 24.3 Å². The Balaban J connectivity index is 1.70. The number of amides is 1. The lowest BCUT2D eigenvalue weighted by Gasteiger charge is -2.33. The fourth-order valence-corrected chi connectivity index (χ4v) is 3.36. The molecule has 0 radical (unpaired) electrons. The van der Waals surface area contributed by atoms with Gasteiger partial charge >= 0.3 is 0 Å². The summed E-state index contributed by atoms with van der Waals surface area (Å²) in [5, 5.41) is 3.45. The van der Waals surface area contributed by atoms with Crippen molar-refractivity contribution in [3.63, 3.8) is 0 Å². The van der Waals surface area contributed by atoms with E-state index < -0.39 is 0 Å². The van der Waals surface area contributed by atoms with E-state index in [1.165, 1.54) is 6.42 Å². The van der Waals surface area contributed by atoms with Gasteiger partial charge in [-0.05, 0) is 37.3 Å². The predicted molar refractivity (Wildman–Crippen MR) is 86.7 cm³/mol. The zero-order chi connectivity index (χ0) is 14.7. The number of para-hydroxylation sites is 2. The van der Waals surface area contributed by atoms with Crippen molar-refractivity contribution in [2.45, 2.75) is 26.2 Å². The molecule has 4 nitrogen and oxygen atoms in total. The van der Waals surface area contributed by atoms with Crippen molar-refractivity contribution in [2.24, 2.45) is 5.92 Å². The maximum atomic E-state index is 12.6. The highest BCUT2D eigenvalue weighted by Gasteiger charge is 2.24. The van der Waals surface area contributed by atoms with Gasteiger partial charge in [-0.1, -0.05) is 19.1 Å². The fourth-order valence-electron chi connectivity index (χ4n) is 3.36. The summed E-state index contributed by atoms with van der Waals surface area (Å²) in [4.78, 5) is 16.9. The molecule has 114 valence electrons. The van der Waals surface area contributed by atoms with E-state index in [-0.39, 0.29) is 5.91 Å². The molecule has 1 aromatic rings. The Kier molecular flexibility index (Phi) is 4.32. The van der Waals surface area contributed by atoms with E-state index in [0.717, 1.165) is 50.4 Å². The van der Waals surface area contributed by atoms with E-state index >= 15 is 0 Å². The minimum atomic E-state index is 0.276. The molecule has 4 heteroatoms. The Labute approximate surface area is 127 Å². The number of benzene rings is 1. The number of fused-ring (bicyclic) bond motifs is 1. The first-order valence-corrected chi connectivity index (χ1v) is 8.09. The summed E-state index contributed by atoms with van der Waals surface area (Å²) in [5.74, 6) is 0.916. The second kappa shape index (κ2) is 6.37. The zero-order valence-corrected chi connectivity index (χ0v) is 12.8. The molecule has 0 aliphatic carbocycles. The topological polar surface area (TPSA) is 35.6 Å². The number of piperidine rings is 1. The molecule has 1 atom stereocenters. The molecule has 1 aromatic carbocycles. The van der Waals surface area contributed by atoms with Crippen LogP contribution in [0.3, 0.4) is 0 Å². The summed E-state index contributed by atoms with van der Waals surface area (Å²) in [7, 11) is 0. The number of nitrogens with one attached hydrogen (secondary N) is 1. The molecule has 1 unspecified atom stereocenters. The van der Waals surface area contributed by atoms with Crippen molar-refractivity contribution in [1.82, 2.24) is 4.90 Å². The normalized spacial score (nSPS) is 22.2. The lowest BCUT2D eigenvalue weighted by Crippen LogP contribution is -2.45. The van der Waals surface area contributed by atoms with Crippen LogP contribution in [0, 0.1) is 5.92 Å². The summed E-state index contributed by atoms with van der Waals surface area (Å²) >= 11 is 0. The van der Waals surface area contributed by atoms with Crippen LogP contribution in [-0.4, -0.2) is 43.5 Å². The number of carbonyl (C=O) groups is 1. The third-order valence-electron chi connectivity index (χ3n) is 4.50. The molecular weight excluding hydrogens is 262 g/mol. The van der Waals surface area contributed by atoms with E-state index in [9.17, 15) is 4.79 Å². The van der Waals surface area contributed by atoms with E-state index in [4.69, 9.17) is 0 Å². The highest BCUT2D eigenvalue weighted by atomic mass is 16.2. The Morgan fingerprint density at radius 2 is 2.14 bits per heavy atom. The van der Waals surface area contributed by atoms with Gasteiger partial charge in [-0.2, -0.15) is 0 Å². The van der Waals surface area contributed by atoms with Crippen LogP contribution in [0.2, 0.25) is 0 Å². The number of hydrogen-bond acceptors (Lipinski definition) is 3. The molecule has 1 amide bonds. The third-order valence-corrected chi connectivity index (χ3v) is 4.50. The van der Waals surface area contributed by atoms with Crippen LogP contribution < -0.4 is 10.2 Å².